The highest BCUT2D eigenvalue weighted by atomic mass is 28.4. The molecule has 0 aromatic rings. The van der Waals surface area contributed by atoms with Crippen LogP contribution in [0.5, 0.6) is 0 Å². The molecule has 4 heteroatoms. The first-order valence-corrected chi connectivity index (χ1v) is 11.0. The van der Waals surface area contributed by atoms with E-state index in [2.05, 4.69) is 46.5 Å². The van der Waals surface area contributed by atoms with Gasteiger partial charge in [0.15, 0.2) is 0 Å². The van der Waals surface area contributed by atoms with Gasteiger partial charge in [-0.3, -0.25) is 4.79 Å². The summed E-state index contributed by atoms with van der Waals surface area (Å²) in [6.07, 6.45) is 2.71. The highest BCUT2D eigenvalue weighted by Gasteiger charge is 2.46. The number of ether oxygens (including phenoxy) is 1. The molecule has 0 saturated carbocycles. The van der Waals surface area contributed by atoms with Gasteiger partial charge in [0.05, 0.1) is 17.8 Å². The number of hydrogen-bond donors (Lipinski definition) is 0. The van der Waals surface area contributed by atoms with Crippen molar-refractivity contribution in [3.63, 3.8) is 0 Å². The second-order valence-corrected chi connectivity index (χ2v) is 12.7. The molecule has 1 rings (SSSR count). The van der Waals surface area contributed by atoms with Crippen molar-refractivity contribution in [3.8, 4) is 0 Å². The Morgan fingerprint density at radius 1 is 1.45 bits per heavy atom. The fraction of sp³-hybridized carbons (Fsp3) is 0.722. The van der Waals surface area contributed by atoms with E-state index in [1.807, 2.05) is 20.8 Å². The molecule has 0 spiro atoms. The Kier molecular flexibility index (Phi) is 5.38. The number of carbonyl (C=O) groups excluding carboxylic acids is 1. The van der Waals surface area contributed by atoms with Gasteiger partial charge in [-0.1, -0.05) is 39.8 Å². The summed E-state index contributed by atoms with van der Waals surface area (Å²) >= 11 is 0. The number of rotatable bonds is 4. The van der Waals surface area contributed by atoms with Crippen molar-refractivity contribution in [2.24, 2.45) is 11.3 Å². The van der Waals surface area contributed by atoms with E-state index in [0.717, 1.165) is 11.3 Å². The molecule has 0 fully saturated rings. The monoisotopic (exact) mass is 324 g/mol. The molecular weight excluding hydrogens is 292 g/mol. The van der Waals surface area contributed by atoms with Gasteiger partial charge < -0.3 is 9.16 Å². The molecule has 0 amide bonds. The lowest BCUT2D eigenvalue weighted by molar-refractivity contribution is -0.154. The third kappa shape index (κ3) is 3.48. The van der Waals surface area contributed by atoms with Gasteiger partial charge in [0, 0.05) is 6.42 Å². The Hall–Kier alpha value is -1.03. The van der Waals surface area contributed by atoms with Crippen LogP contribution in [0, 0.1) is 11.3 Å². The smallest absolute Gasteiger partial charge is 0.316 e. The van der Waals surface area contributed by atoms with Gasteiger partial charge in [-0.2, -0.15) is 0 Å². The van der Waals surface area contributed by atoms with Crippen LogP contribution in [0.25, 0.3) is 0 Å². The zero-order valence-electron chi connectivity index (χ0n) is 15.5. The van der Waals surface area contributed by atoms with E-state index in [1.165, 1.54) is 0 Å². The molecule has 2 atom stereocenters. The maximum Gasteiger partial charge on any atom is 0.316 e. The number of allylic oxidation sites excluding steroid dienone is 2. The first-order chi connectivity index (χ1) is 9.86. The van der Waals surface area contributed by atoms with Crippen LogP contribution < -0.4 is 0 Å². The van der Waals surface area contributed by atoms with Gasteiger partial charge in [-0.25, -0.2) is 0 Å². The topological polar surface area (TPSA) is 35.5 Å². The zero-order chi connectivity index (χ0) is 17.3. The predicted octanol–water partition coefficient (Wildman–Crippen LogP) is 5.06. The summed E-state index contributed by atoms with van der Waals surface area (Å²) in [4.78, 5) is 12.3. The van der Waals surface area contributed by atoms with Crippen molar-refractivity contribution in [1.82, 2.24) is 0 Å². The minimum Gasteiger partial charge on any atom is -0.546 e. The van der Waals surface area contributed by atoms with E-state index in [0.29, 0.717) is 13.0 Å². The second-order valence-electron chi connectivity index (χ2n) is 7.99. The normalized spacial score (nSPS) is 26.5. The average Bonchev–Trinajstić information content (AvgIpc) is 2.34. The predicted molar refractivity (Wildman–Crippen MR) is 94.0 cm³/mol. The van der Waals surface area contributed by atoms with E-state index >= 15 is 0 Å². The molecule has 0 aromatic carbocycles. The molecule has 0 aliphatic heterocycles. The summed E-state index contributed by atoms with van der Waals surface area (Å²) in [6, 6.07) is 0. The summed E-state index contributed by atoms with van der Waals surface area (Å²) in [5.41, 5.74) is 0.227. The molecule has 0 N–H and O–H groups in total. The molecular formula is C18H32O3Si. The van der Waals surface area contributed by atoms with E-state index in [1.54, 1.807) is 0 Å². The van der Waals surface area contributed by atoms with Gasteiger partial charge >= 0.3 is 5.97 Å². The first kappa shape index (κ1) is 19.0. The minimum atomic E-state index is -1.87. The highest BCUT2D eigenvalue weighted by Crippen LogP contribution is 2.46. The Balaban J connectivity index is 3.03. The van der Waals surface area contributed by atoms with Crippen LogP contribution in [0.15, 0.2) is 24.0 Å². The molecule has 22 heavy (non-hydrogen) atoms. The third-order valence-electron chi connectivity index (χ3n) is 5.36. The lowest BCUT2D eigenvalue weighted by Gasteiger charge is -2.42. The summed E-state index contributed by atoms with van der Waals surface area (Å²) < 4.78 is 11.7. The van der Waals surface area contributed by atoms with Crippen LogP contribution in [-0.2, 0) is 14.0 Å². The second kappa shape index (κ2) is 6.23. The van der Waals surface area contributed by atoms with Crippen LogP contribution in [0.3, 0.4) is 0 Å². The molecule has 1 aliphatic rings. The van der Waals surface area contributed by atoms with E-state index in [4.69, 9.17) is 9.16 Å². The van der Waals surface area contributed by atoms with Gasteiger partial charge in [0.25, 0.3) is 0 Å². The SMILES string of the molecule is C=C1CC(O[Si](C)(C)C(C)(C)C)=CC(C)C1(C)C(=O)OCC. The summed E-state index contributed by atoms with van der Waals surface area (Å²) in [5, 5.41) is 0.153. The number of hydrogen-bond acceptors (Lipinski definition) is 3. The van der Waals surface area contributed by atoms with Crippen molar-refractivity contribution in [1.29, 1.82) is 0 Å². The molecule has 0 radical (unpaired) electrons. The van der Waals surface area contributed by atoms with Crippen LogP contribution in [0.1, 0.15) is 48.0 Å². The molecule has 0 saturated heterocycles. The number of carbonyl (C=O) groups is 1. The summed E-state index contributed by atoms with van der Waals surface area (Å²) in [6.45, 7) is 21.5. The maximum absolute atomic E-state index is 12.3. The maximum atomic E-state index is 12.3. The standard InChI is InChI=1S/C18H32O3Si/c1-10-20-16(19)18(7)13(2)11-15(12-14(18)3)21-22(8,9)17(4,5)6/h12,14H,2,10-11H2,1,3-9H3. The Bertz CT molecular complexity index is 485. The summed E-state index contributed by atoms with van der Waals surface area (Å²) in [5.74, 6) is 0.800. The lowest BCUT2D eigenvalue weighted by Crippen LogP contribution is -2.43. The molecule has 3 nitrogen and oxygen atoms in total. The van der Waals surface area contributed by atoms with E-state index in [-0.39, 0.29) is 16.9 Å². The van der Waals surface area contributed by atoms with E-state index in [9.17, 15) is 4.79 Å². The quantitative estimate of drug-likeness (QED) is 0.412. The van der Waals surface area contributed by atoms with Gasteiger partial charge in [-0.15, -0.1) is 0 Å². The van der Waals surface area contributed by atoms with Crippen molar-refractivity contribution < 1.29 is 14.0 Å². The number of esters is 1. The van der Waals surface area contributed by atoms with Crippen molar-refractivity contribution in [3.05, 3.63) is 24.0 Å². The van der Waals surface area contributed by atoms with Crippen LogP contribution in [-0.4, -0.2) is 20.9 Å². The molecule has 126 valence electrons. The Morgan fingerprint density at radius 3 is 2.41 bits per heavy atom. The van der Waals surface area contributed by atoms with Gasteiger partial charge in [0.1, 0.15) is 0 Å². The van der Waals surface area contributed by atoms with Crippen molar-refractivity contribution >= 4 is 14.3 Å². The van der Waals surface area contributed by atoms with Crippen molar-refractivity contribution in [2.45, 2.75) is 66.1 Å². The first-order valence-electron chi connectivity index (χ1n) is 8.11. The fourth-order valence-corrected chi connectivity index (χ4v) is 3.48. The van der Waals surface area contributed by atoms with Crippen molar-refractivity contribution in [2.75, 3.05) is 6.61 Å². The highest BCUT2D eigenvalue weighted by molar-refractivity contribution is 6.74. The van der Waals surface area contributed by atoms with Crippen LogP contribution in [0.4, 0.5) is 0 Å². The molecule has 1 aliphatic carbocycles. The Labute approximate surface area is 136 Å². The Morgan fingerprint density at radius 2 is 2.00 bits per heavy atom. The molecule has 0 aromatic heterocycles. The third-order valence-corrected chi connectivity index (χ3v) is 9.75. The zero-order valence-corrected chi connectivity index (χ0v) is 16.5. The van der Waals surface area contributed by atoms with Gasteiger partial charge in [-0.05, 0) is 44.0 Å². The summed E-state index contributed by atoms with van der Waals surface area (Å²) in [7, 11) is -1.87. The fourth-order valence-electron chi connectivity index (χ4n) is 2.38. The molecule has 2 unspecified atom stereocenters. The van der Waals surface area contributed by atoms with Crippen LogP contribution >= 0.6 is 0 Å². The van der Waals surface area contributed by atoms with E-state index < -0.39 is 13.7 Å². The molecule has 0 heterocycles. The lowest BCUT2D eigenvalue weighted by atomic mass is 9.68. The van der Waals surface area contributed by atoms with Crippen LogP contribution in [0.2, 0.25) is 18.1 Å². The minimum absolute atomic E-state index is 0.0209. The average molecular weight is 325 g/mol. The largest absolute Gasteiger partial charge is 0.546 e. The molecule has 0 bridgehead atoms. The van der Waals surface area contributed by atoms with Gasteiger partial charge in [0.2, 0.25) is 8.32 Å².